The molecule has 1 atom stereocenters. The highest BCUT2D eigenvalue weighted by atomic mass is 32.1. The molecule has 4 heteroatoms. The van der Waals surface area contributed by atoms with Crippen LogP contribution >= 0.6 is 11.3 Å². The minimum atomic E-state index is 0.109. The summed E-state index contributed by atoms with van der Waals surface area (Å²) in [5.74, 6) is 0.708. The molecule has 1 unspecified atom stereocenters. The monoisotopic (exact) mass is 283 g/mol. The second-order valence-electron chi connectivity index (χ2n) is 6.44. The third kappa shape index (κ3) is 4.46. The fourth-order valence-electron chi connectivity index (χ4n) is 2.04. The molecule has 1 aromatic rings. The van der Waals surface area contributed by atoms with Gasteiger partial charge in [0, 0.05) is 30.4 Å². The van der Waals surface area contributed by atoms with Crippen molar-refractivity contribution in [3.05, 3.63) is 10.6 Å². The molecule has 0 aliphatic rings. The van der Waals surface area contributed by atoms with Crippen molar-refractivity contribution >= 4 is 16.5 Å². The van der Waals surface area contributed by atoms with Gasteiger partial charge in [-0.3, -0.25) is 0 Å². The van der Waals surface area contributed by atoms with Crippen LogP contribution < -0.4 is 10.2 Å². The Hall–Kier alpha value is -0.610. The average Bonchev–Trinajstić information content (AvgIpc) is 2.73. The average molecular weight is 283 g/mol. The molecule has 1 rings (SSSR count). The first-order valence-corrected chi connectivity index (χ1v) is 7.97. The van der Waals surface area contributed by atoms with Crippen LogP contribution in [0, 0.1) is 5.92 Å². The third-order valence-corrected chi connectivity index (χ3v) is 4.51. The van der Waals surface area contributed by atoms with Crippen molar-refractivity contribution in [2.24, 2.45) is 5.92 Å². The van der Waals surface area contributed by atoms with Crippen molar-refractivity contribution < 1.29 is 0 Å². The zero-order valence-corrected chi connectivity index (χ0v) is 14.3. The fourth-order valence-corrected chi connectivity index (χ4v) is 3.30. The zero-order chi connectivity index (χ0) is 14.6. The summed E-state index contributed by atoms with van der Waals surface area (Å²) < 4.78 is 0. The number of hydrogen-bond donors (Lipinski definition) is 1. The van der Waals surface area contributed by atoms with E-state index in [0.717, 1.165) is 18.2 Å². The van der Waals surface area contributed by atoms with Crippen LogP contribution in [0.2, 0.25) is 0 Å². The minimum Gasteiger partial charge on any atom is -0.351 e. The SMILES string of the molecule is CCC(C)CN(C)c1nc(C(C)(C)C)c(CNC)s1. The van der Waals surface area contributed by atoms with E-state index in [9.17, 15) is 0 Å². The van der Waals surface area contributed by atoms with Gasteiger partial charge < -0.3 is 10.2 Å². The lowest BCUT2D eigenvalue weighted by Gasteiger charge is -2.20. The predicted molar refractivity (Wildman–Crippen MR) is 86.3 cm³/mol. The van der Waals surface area contributed by atoms with Gasteiger partial charge in [-0.15, -0.1) is 11.3 Å². The molecule has 1 aromatic heterocycles. The molecular formula is C15H29N3S. The number of nitrogens with zero attached hydrogens (tertiary/aromatic N) is 2. The maximum atomic E-state index is 4.89. The second kappa shape index (κ2) is 6.71. The van der Waals surface area contributed by atoms with Gasteiger partial charge in [0.15, 0.2) is 5.13 Å². The Morgan fingerprint density at radius 3 is 2.47 bits per heavy atom. The van der Waals surface area contributed by atoms with E-state index in [0.29, 0.717) is 5.92 Å². The van der Waals surface area contributed by atoms with Crippen molar-refractivity contribution in [2.75, 3.05) is 25.5 Å². The molecule has 0 aromatic carbocycles. The summed E-state index contributed by atoms with van der Waals surface area (Å²) in [6, 6.07) is 0. The zero-order valence-electron chi connectivity index (χ0n) is 13.5. The van der Waals surface area contributed by atoms with Crippen molar-refractivity contribution in [3.8, 4) is 0 Å². The lowest BCUT2D eigenvalue weighted by Crippen LogP contribution is -2.23. The molecule has 1 N–H and O–H groups in total. The van der Waals surface area contributed by atoms with Crippen LogP contribution in [0.5, 0.6) is 0 Å². The summed E-state index contributed by atoms with van der Waals surface area (Å²) >= 11 is 1.82. The van der Waals surface area contributed by atoms with Gasteiger partial charge in [-0.1, -0.05) is 41.0 Å². The van der Waals surface area contributed by atoms with Gasteiger partial charge in [0.1, 0.15) is 0 Å². The first-order valence-electron chi connectivity index (χ1n) is 7.15. The first kappa shape index (κ1) is 16.4. The van der Waals surface area contributed by atoms with Crippen LogP contribution in [0.1, 0.15) is 51.6 Å². The van der Waals surface area contributed by atoms with Crippen molar-refractivity contribution in [2.45, 2.75) is 53.0 Å². The molecule has 0 fully saturated rings. The Balaban J connectivity index is 2.97. The summed E-state index contributed by atoms with van der Waals surface area (Å²) in [7, 11) is 4.15. The molecule has 0 bridgehead atoms. The minimum absolute atomic E-state index is 0.109. The molecule has 1 heterocycles. The van der Waals surface area contributed by atoms with E-state index >= 15 is 0 Å². The Morgan fingerprint density at radius 2 is 2.00 bits per heavy atom. The molecule has 0 saturated heterocycles. The molecule has 0 amide bonds. The van der Waals surface area contributed by atoms with E-state index in [1.54, 1.807) is 0 Å². The maximum absolute atomic E-state index is 4.89. The van der Waals surface area contributed by atoms with Gasteiger partial charge in [-0.05, 0) is 13.0 Å². The summed E-state index contributed by atoms with van der Waals surface area (Å²) in [4.78, 5) is 8.55. The predicted octanol–water partition coefficient (Wildman–Crippen LogP) is 3.64. The number of rotatable bonds is 6. The highest BCUT2D eigenvalue weighted by molar-refractivity contribution is 7.15. The van der Waals surface area contributed by atoms with Crippen LogP contribution in [0.3, 0.4) is 0 Å². The van der Waals surface area contributed by atoms with E-state index in [2.05, 4.69) is 51.9 Å². The summed E-state index contributed by atoms with van der Waals surface area (Å²) in [6.45, 7) is 13.2. The number of thiazole rings is 1. The molecule has 0 aliphatic carbocycles. The standard InChI is InChI=1S/C15H29N3S/c1-8-11(2)10-18(7)14-17-13(15(3,4)5)12(19-14)9-16-6/h11,16H,8-10H2,1-7H3. The van der Waals surface area contributed by atoms with Gasteiger partial charge in [-0.2, -0.15) is 0 Å². The maximum Gasteiger partial charge on any atom is 0.185 e. The number of hydrogen-bond acceptors (Lipinski definition) is 4. The quantitative estimate of drug-likeness (QED) is 0.864. The Kier molecular flexibility index (Phi) is 5.81. The van der Waals surface area contributed by atoms with Gasteiger partial charge in [0.2, 0.25) is 0 Å². The molecule has 19 heavy (non-hydrogen) atoms. The largest absolute Gasteiger partial charge is 0.351 e. The Morgan fingerprint density at radius 1 is 1.37 bits per heavy atom. The van der Waals surface area contributed by atoms with Crippen molar-refractivity contribution in [3.63, 3.8) is 0 Å². The molecule has 3 nitrogen and oxygen atoms in total. The van der Waals surface area contributed by atoms with E-state index in [1.165, 1.54) is 17.0 Å². The molecule has 0 aliphatic heterocycles. The van der Waals surface area contributed by atoms with E-state index in [1.807, 2.05) is 18.4 Å². The van der Waals surface area contributed by atoms with Crippen LogP contribution in [0.15, 0.2) is 0 Å². The summed E-state index contributed by atoms with van der Waals surface area (Å²) in [5, 5.41) is 4.40. The van der Waals surface area contributed by atoms with Gasteiger partial charge >= 0.3 is 0 Å². The number of aromatic nitrogens is 1. The van der Waals surface area contributed by atoms with E-state index < -0.39 is 0 Å². The highest BCUT2D eigenvalue weighted by Gasteiger charge is 2.24. The lowest BCUT2D eigenvalue weighted by molar-refractivity contribution is 0.551. The highest BCUT2D eigenvalue weighted by Crippen LogP contribution is 2.33. The number of nitrogens with one attached hydrogen (secondary N) is 1. The van der Waals surface area contributed by atoms with Crippen LogP contribution in [-0.2, 0) is 12.0 Å². The van der Waals surface area contributed by atoms with Crippen LogP contribution in [-0.4, -0.2) is 25.6 Å². The number of anilines is 1. The molecule has 0 saturated carbocycles. The van der Waals surface area contributed by atoms with Gasteiger partial charge in [0.05, 0.1) is 5.69 Å². The molecule has 0 radical (unpaired) electrons. The molecule has 0 spiro atoms. The summed E-state index contributed by atoms with van der Waals surface area (Å²) in [6.07, 6.45) is 1.21. The molecule has 110 valence electrons. The fraction of sp³-hybridized carbons (Fsp3) is 0.800. The van der Waals surface area contributed by atoms with Gasteiger partial charge in [-0.25, -0.2) is 4.98 Å². The van der Waals surface area contributed by atoms with Crippen molar-refractivity contribution in [1.82, 2.24) is 10.3 Å². The topological polar surface area (TPSA) is 28.2 Å². The third-order valence-electron chi connectivity index (χ3n) is 3.34. The molecular weight excluding hydrogens is 254 g/mol. The second-order valence-corrected chi connectivity index (χ2v) is 7.50. The normalized spacial score (nSPS) is 13.6. The van der Waals surface area contributed by atoms with Crippen LogP contribution in [0.4, 0.5) is 5.13 Å². The Labute approximate surface area is 122 Å². The van der Waals surface area contributed by atoms with E-state index in [-0.39, 0.29) is 5.41 Å². The summed E-state index contributed by atoms with van der Waals surface area (Å²) in [5.41, 5.74) is 1.34. The van der Waals surface area contributed by atoms with E-state index in [4.69, 9.17) is 4.98 Å². The lowest BCUT2D eigenvalue weighted by atomic mass is 9.91. The first-order chi connectivity index (χ1) is 8.79. The smallest absolute Gasteiger partial charge is 0.185 e. The van der Waals surface area contributed by atoms with Gasteiger partial charge in [0.25, 0.3) is 0 Å². The van der Waals surface area contributed by atoms with Crippen LogP contribution in [0.25, 0.3) is 0 Å². The Bertz CT molecular complexity index is 393. The van der Waals surface area contributed by atoms with Crippen molar-refractivity contribution in [1.29, 1.82) is 0 Å².